The Kier molecular flexibility index (Phi) is 6.10. The van der Waals surface area contributed by atoms with E-state index in [2.05, 4.69) is 5.32 Å². The van der Waals surface area contributed by atoms with E-state index in [4.69, 9.17) is 0 Å². The Hall–Kier alpha value is -1.22. The number of benzene rings is 1. The van der Waals surface area contributed by atoms with Gasteiger partial charge in [0.25, 0.3) is 0 Å². The summed E-state index contributed by atoms with van der Waals surface area (Å²) in [5.41, 5.74) is 1.02. The molecule has 2 atom stereocenters. The monoisotopic (exact) mass is 401 g/mol. The summed E-state index contributed by atoms with van der Waals surface area (Å²) >= 11 is 1.67. The largest absolute Gasteiger partial charge is 0.416 e. The first kappa shape index (κ1) is 20.5. The zero-order valence-corrected chi connectivity index (χ0v) is 16.6. The number of likely N-dealkylation sites (N-methyl/N-ethyl adjacent to an activating group) is 2. The molecule has 1 aliphatic rings. The SMILES string of the molecule is CNCC1CCSc2c1c1ccc(C(F)(F)F)cc1n2CC(O)CN(C)C. The van der Waals surface area contributed by atoms with E-state index in [-0.39, 0.29) is 12.5 Å². The van der Waals surface area contributed by atoms with Crippen molar-refractivity contribution in [2.45, 2.75) is 36.2 Å². The zero-order valence-electron chi connectivity index (χ0n) is 15.8. The van der Waals surface area contributed by atoms with Crippen LogP contribution in [0, 0.1) is 0 Å². The highest BCUT2D eigenvalue weighted by molar-refractivity contribution is 7.99. The highest BCUT2D eigenvalue weighted by Gasteiger charge is 2.33. The molecule has 0 radical (unpaired) electrons. The molecule has 0 spiro atoms. The van der Waals surface area contributed by atoms with Crippen molar-refractivity contribution in [3.05, 3.63) is 29.3 Å². The molecule has 0 saturated heterocycles. The van der Waals surface area contributed by atoms with Crippen LogP contribution < -0.4 is 5.32 Å². The smallest absolute Gasteiger partial charge is 0.390 e. The second-order valence-corrected chi connectivity index (χ2v) is 8.45. The van der Waals surface area contributed by atoms with Crippen molar-refractivity contribution in [1.82, 2.24) is 14.8 Å². The normalized spacial score (nSPS) is 18.9. The molecule has 1 aliphatic heterocycles. The number of rotatable bonds is 6. The van der Waals surface area contributed by atoms with Crippen molar-refractivity contribution in [1.29, 1.82) is 0 Å². The van der Waals surface area contributed by atoms with Gasteiger partial charge in [-0.05, 0) is 45.3 Å². The second kappa shape index (κ2) is 8.03. The number of thioether (sulfide) groups is 1. The lowest BCUT2D eigenvalue weighted by Gasteiger charge is -2.25. The molecule has 1 aromatic carbocycles. The van der Waals surface area contributed by atoms with E-state index in [9.17, 15) is 18.3 Å². The molecular formula is C19H26F3N3OS. The van der Waals surface area contributed by atoms with Crippen LogP contribution in [0.3, 0.4) is 0 Å². The van der Waals surface area contributed by atoms with Gasteiger partial charge >= 0.3 is 6.18 Å². The van der Waals surface area contributed by atoms with Crippen molar-refractivity contribution in [2.75, 3.05) is 40.0 Å². The van der Waals surface area contributed by atoms with Gasteiger partial charge in [-0.25, -0.2) is 0 Å². The van der Waals surface area contributed by atoms with E-state index in [1.807, 2.05) is 30.6 Å². The molecule has 2 N–H and O–H groups in total. The van der Waals surface area contributed by atoms with Gasteiger partial charge in [-0.1, -0.05) is 6.07 Å². The topological polar surface area (TPSA) is 40.4 Å². The van der Waals surface area contributed by atoms with Crippen LogP contribution in [-0.2, 0) is 12.7 Å². The summed E-state index contributed by atoms with van der Waals surface area (Å²) in [4.78, 5) is 1.88. The predicted octanol–water partition coefficient (Wildman–Crippen LogP) is 3.38. The fraction of sp³-hybridized carbons (Fsp3) is 0.579. The second-order valence-electron chi connectivity index (χ2n) is 7.37. The van der Waals surface area contributed by atoms with Crippen molar-refractivity contribution in [3.8, 4) is 0 Å². The molecule has 2 unspecified atom stereocenters. The molecule has 0 aliphatic carbocycles. The molecule has 27 heavy (non-hydrogen) atoms. The fourth-order valence-electron chi connectivity index (χ4n) is 3.84. The molecule has 0 saturated carbocycles. The molecule has 1 aromatic heterocycles. The van der Waals surface area contributed by atoms with Crippen LogP contribution in [0.5, 0.6) is 0 Å². The van der Waals surface area contributed by atoms with Crippen LogP contribution >= 0.6 is 11.8 Å². The first-order valence-corrected chi connectivity index (χ1v) is 10.0. The molecule has 0 fully saturated rings. The molecule has 2 aromatic rings. The predicted molar refractivity (Wildman–Crippen MR) is 104 cm³/mol. The van der Waals surface area contributed by atoms with Crippen molar-refractivity contribution >= 4 is 22.7 Å². The Balaban J connectivity index is 2.15. The van der Waals surface area contributed by atoms with Crippen LogP contribution in [0.2, 0.25) is 0 Å². The summed E-state index contributed by atoms with van der Waals surface area (Å²) in [5, 5.41) is 15.5. The van der Waals surface area contributed by atoms with Crippen molar-refractivity contribution < 1.29 is 18.3 Å². The maximum Gasteiger partial charge on any atom is 0.416 e. The summed E-state index contributed by atoms with van der Waals surface area (Å²) in [6.07, 6.45) is -4.05. The molecule has 0 bridgehead atoms. The van der Waals surface area contributed by atoms with Gasteiger partial charge < -0.3 is 19.9 Å². The average Bonchev–Trinajstić information content (AvgIpc) is 2.88. The lowest BCUT2D eigenvalue weighted by atomic mass is 9.95. The van der Waals surface area contributed by atoms with E-state index < -0.39 is 17.8 Å². The molecule has 3 rings (SSSR count). The molecule has 0 amide bonds. The van der Waals surface area contributed by atoms with Crippen LogP contribution in [-0.4, -0.2) is 60.7 Å². The number of hydrogen-bond acceptors (Lipinski definition) is 4. The highest BCUT2D eigenvalue weighted by atomic mass is 32.2. The van der Waals surface area contributed by atoms with Gasteiger partial charge in [0.05, 0.1) is 23.2 Å². The average molecular weight is 401 g/mol. The summed E-state index contributed by atoms with van der Waals surface area (Å²) < 4.78 is 41.7. The molecule has 8 heteroatoms. The highest BCUT2D eigenvalue weighted by Crippen LogP contribution is 2.45. The number of aromatic nitrogens is 1. The minimum atomic E-state index is -4.39. The Morgan fingerprint density at radius 2 is 2.11 bits per heavy atom. The van der Waals surface area contributed by atoms with E-state index in [0.29, 0.717) is 12.1 Å². The van der Waals surface area contributed by atoms with E-state index in [1.54, 1.807) is 17.8 Å². The number of halogens is 3. The third-order valence-electron chi connectivity index (χ3n) is 4.91. The maximum atomic E-state index is 13.3. The molecule has 4 nitrogen and oxygen atoms in total. The first-order valence-electron chi connectivity index (χ1n) is 9.06. The van der Waals surface area contributed by atoms with Gasteiger partial charge in [0, 0.05) is 35.7 Å². The fourth-order valence-corrected chi connectivity index (χ4v) is 5.20. The van der Waals surface area contributed by atoms with Crippen LogP contribution in [0.4, 0.5) is 13.2 Å². The van der Waals surface area contributed by atoms with E-state index in [1.165, 1.54) is 12.1 Å². The summed E-state index contributed by atoms with van der Waals surface area (Å²) in [5.74, 6) is 1.18. The summed E-state index contributed by atoms with van der Waals surface area (Å²) in [6.45, 7) is 1.52. The maximum absolute atomic E-state index is 13.3. The number of alkyl halides is 3. The quantitative estimate of drug-likeness (QED) is 0.779. The number of fused-ring (bicyclic) bond motifs is 3. The Morgan fingerprint density at radius 1 is 1.37 bits per heavy atom. The van der Waals surface area contributed by atoms with Gasteiger partial charge in [0.1, 0.15) is 0 Å². The lowest BCUT2D eigenvalue weighted by Crippen LogP contribution is -2.30. The van der Waals surface area contributed by atoms with Gasteiger partial charge in [-0.3, -0.25) is 0 Å². The van der Waals surface area contributed by atoms with Gasteiger partial charge in [-0.2, -0.15) is 13.2 Å². The summed E-state index contributed by atoms with van der Waals surface area (Å²) in [7, 11) is 5.63. The number of nitrogens with zero attached hydrogens (tertiary/aromatic N) is 2. The number of nitrogens with one attached hydrogen (secondary N) is 1. The third kappa shape index (κ3) is 4.29. The Morgan fingerprint density at radius 3 is 2.74 bits per heavy atom. The van der Waals surface area contributed by atoms with E-state index in [0.717, 1.165) is 34.7 Å². The van der Waals surface area contributed by atoms with Crippen LogP contribution in [0.1, 0.15) is 23.5 Å². The van der Waals surface area contributed by atoms with Crippen molar-refractivity contribution in [2.24, 2.45) is 0 Å². The van der Waals surface area contributed by atoms with Gasteiger partial charge in [-0.15, -0.1) is 11.8 Å². The lowest BCUT2D eigenvalue weighted by molar-refractivity contribution is -0.137. The third-order valence-corrected chi connectivity index (χ3v) is 6.07. The number of aliphatic hydroxyl groups is 1. The van der Waals surface area contributed by atoms with Crippen molar-refractivity contribution in [3.63, 3.8) is 0 Å². The minimum Gasteiger partial charge on any atom is -0.390 e. The minimum absolute atomic E-state index is 0.262. The van der Waals surface area contributed by atoms with Gasteiger partial charge in [0.15, 0.2) is 0 Å². The number of hydrogen-bond donors (Lipinski definition) is 2. The molecule has 2 heterocycles. The number of aliphatic hydroxyl groups excluding tert-OH is 1. The standard InChI is InChI=1S/C19H26F3N3OS/c1-23-9-12-6-7-27-18-17(12)15-5-4-13(19(20,21)22)8-16(15)25(18)11-14(26)10-24(2)3/h4-5,8,12,14,23,26H,6-7,9-11H2,1-3H3. The zero-order chi connectivity index (χ0) is 19.8. The first-order chi connectivity index (χ1) is 12.7. The Bertz CT molecular complexity index is 804. The molecule has 150 valence electrons. The molecular weight excluding hydrogens is 375 g/mol. The van der Waals surface area contributed by atoms with Gasteiger partial charge in [0.2, 0.25) is 0 Å². The van der Waals surface area contributed by atoms with Crippen LogP contribution in [0.15, 0.2) is 23.2 Å². The van der Waals surface area contributed by atoms with Crippen LogP contribution in [0.25, 0.3) is 10.9 Å². The van der Waals surface area contributed by atoms with E-state index >= 15 is 0 Å². The Labute approximate surface area is 161 Å². The summed E-state index contributed by atoms with van der Waals surface area (Å²) in [6, 6.07) is 3.99.